The van der Waals surface area contributed by atoms with E-state index in [2.05, 4.69) is 5.32 Å². The molecule has 0 fully saturated rings. The van der Waals surface area contributed by atoms with Crippen molar-refractivity contribution in [3.05, 3.63) is 59.1 Å². The molecule has 0 spiro atoms. The minimum atomic E-state index is -1.03. The zero-order valence-corrected chi connectivity index (χ0v) is 14.7. The standard InChI is InChI=1S/C18H17ClN2O5/c1-11(18(24)21-14-7-5-12(6-8-14)17(20)23)26-16(22)10-25-15-4-2-3-13(19)9-15/h2-9,11H,10H2,1H3,(H2,20,23)(H,21,24)/t11-/m1/s1. The largest absolute Gasteiger partial charge is 0.482 e. The van der Waals surface area contributed by atoms with Crippen LogP contribution < -0.4 is 15.8 Å². The smallest absolute Gasteiger partial charge is 0.344 e. The van der Waals surface area contributed by atoms with Crippen LogP contribution in [0.15, 0.2) is 48.5 Å². The van der Waals surface area contributed by atoms with Gasteiger partial charge in [-0.15, -0.1) is 0 Å². The molecule has 1 atom stereocenters. The molecule has 0 radical (unpaired) electrons. The highest BCUT2D eigenvalue weighted by Gasteiger charge is 2.18. The third kappa shape index (κ3) is 5.78. The van der Waals surface area contributed by atoms with Crippen LogP contribution in [-0.4, -0.2) is 30.5 Å². The van der Waals surface area contributed by atoms with E-state index >= 15 is 0 Å². The molecule has 3 N–H and O–H groups in total. The summed E-state index contributed by atoms with van der Waals surface area (Å²) in [6.07, 6.45) is -1.03. The molecular formula is C18H17ClN2O5. The quantitative estimate of drug-likeness (QED) is 0.721. The lowest BCUT2D eigenvalue weighted by Gasteiger charge is -2.14. The number of hydrogen-bond donors (Lipinski definition) is 2. The number of carbonyl (C=O) groups excluding carboxylic acids is 3. The van der Waals surface area contributed by atoms with Crippen molar-refractivity contribution in [2.75, 3.05) is 11.9 Å². The van der Waals surface area contributed by atoms with Crippen LogP contribution in [0.1, 0.15) is 17.3 Å². The SMILES string of the molecule is C[C@@H](OC(=O)COc1cccc(Cl)c1)C(=O)Nc1ccc(C(N)=O)cc1. The molecule has 0 heterocycles. The number of benzene rings is 2. The Balaban J connectivity index is 1.82. The van der Waals surface area contributed by atoms with Crippen molar-refractivity contribution in [1.29, 1.82) is 0 Å². The summed E-state index contributed by atoms with van der Waals surface area (Å²) >= 11 is 5.82. The van der Waals surface area contributed by atoms with Crippen LogP contribution in [0.3, 0.4) is 0 Å². The van der Waals surface area contributed by atoms with E-state index < -0.39 is 23.9 Å². The van der Waals surface area contributed by atoms with E-state index in [-0.39, 0.29) is 6.61 Å². The summed E-state index contributed by atoms with van der Waals surface area (Å²) < 4.78 is 10.3. The minimum absolute atomic E-state index is 0.320. The number of anilines is 1. The first-order valence-corrected chi connectivity index (χ1v) is 8.01. The molecule has 136 valence electrons. The van der Waals surface area contributed by atoms with E-state index in [1.807, 2.05) is 0 Å². The van der Waals surface area contributed by atoms with E-state index in [1.165, 1.54) is 31.2 Å². The highest BCUT2D eigenvalue weighted by molar-refractivity contribution is 6.30. The number of nitrogens with one attached hydrogen (secondary N) is 1. The maximum absolute atomic E-state index is 12.0. The van der Waals surface area contributed by atoms with Crippen LogP contribution >= 0.6 is 11.6 Å². The van der Waals surface area contributed by atoms with Gasteiger partial charge in [-0.3, -0.25) is 9.59 Å². The molecule has 7 nitrogen and oxygen atoms in total. The molecule has 0 saturated heterocycles. The van der Waals surface area contributed by atoms with Crippen molar-refractivity contribution < 1.29 is 23.9 Å². The molecule has 2 aromatic rings. The molecule has 0 saturated carbocycles. The molecule has 2 amide bonds. The van der Waals surface area contributed by atoms with Crippen molar-refractivity contribution in [3.8, 4) is 5.75 Å². The number of esters is 1. The summed E-state index contributed by atoms with van der Waals surface area (Å²) in [5, 5.41) is 3.05. The van der Waals surface area contributed by atoms with Crippen molar-refractivity contribution in [2.45, 2.75) is 13.0 Å². The van der Waals surface area contributed by atoms with Gasteiger partial charge in [-0.25, -0.2) is 4.79 Å². The predicted octanol–water partition coefficient (Wildman–Crippen LogP) is 2.39. The van der Waals surface area contributed by atoms with Crippen molar-refractivity contribution in [1.82, 2.24) is 0 Å². The van der Waals surface area contributed by atoms with Gasteiger partial charge in [-0.2, -0.15) is 0 Å². The fourth-order valence-electron chi connectivity index (χ4n) is 1.95. The van der Waals surface area contributed by atoms with Gasteiger partial charge in [0.15, 0.2) is 12.7 Å². The van der Waals surface area contributed by atoms with Gasteiger partial charge in [-0.1, -0.05) is 17.7 Å². The first-order valence-electron chi connectivity index (χ1n) is 7.63. The van der Waals surface area contributed by atoms with Gasteiger partial charge in [0.2, 0.25) is 5.91 Å². The van der Waals surface area contributed by atoms with E-state index in [0.717, 1.165) is 0 Å². The van der Waals surface area contributed by atoms with E-state index in [4.69, 9.17) is 26.8 Å². The van der Waals surface area contributed by atoms with Gasteiger partial charge in [0.05, 0.1) is 0 Å². The molecule has 0 aliphatic heterocycles. The number of primary amides is 1. The van der Waals surface area contributed by atoms with E-state index in [9.17, 15) is 14.4 Å². The monoisotopic (exact) mass is 376 g/mol. The van der Waals surface area contributed by atoms with Crippen LogP contribution in [-0.2, 0) is 14.3 Å². The van der Waals surface area contributed by atoms with E-state index in [1.54, 1.807) is 24.3 Å². The number of halogens is 1. The third-order valence-electron chi connectivity index (χ3n) is 3.27. The Morgan fingerprint density at radius 1 is 1.15 bits per heavy atom. The summed E-state index contributed by atoms with van der Waals surface area (Å²) in [6, 6.07) is 12.6. The van der Waals surface area contributed by atoms with Gasteiger partial charge < -0.3 is 20.5 Å². The number of ether oxygens (including phenoxy) is 2. The molecule has 0 bridgehead atoms. The average molecular weight is 377 g/mol. The Hall–Kier alpha value is -3.06. The van der Waals surface area contributed by atoms with Crippen LogP contribution in [0, 0.1) is 0 Å². The normalized spacial score (nSPS) is 11.3. The second-order valence-corrected chi connectivity index (χ2v) is 5.75. The summed E-state index contributed by atoms with van der Waals surface area (Å²) in [7, 11) is 0. The Bertz CT molecular complexity index is 807. The van der Waals surface area contributed by atoms with Gasteiger partial charge in [-0.05, 0) is 49.4 Å². The number of amides is 2. The lowest BCUT2D eigenvalue weighted by Crippen LogP contribution is -2.31. The van der Waals surface area contributed by atoms with Crippen LogP contribution in [0.5, 0.6) is 5.75 Å². The lowest BCUT2D eigenvalue weighted by atomic mass is 10.2. The zero-order chi connectivity index (χ0) is 19.1. The molecule has 0 aliphatic carbocycles. The second-order valence-electron chi connectivity index (χ2n) is 5.31. The molecule has 0 aromatic heterocycles. The highest BCUT2D eigenvalue weighted by atomic mass is 35.5. The topological polar surface area (TPSA) is 108 Å². The zero-order valence-electron chi connectivity index (χ0n) is 13.9. The first-order chi connectivity index (χ1) is 12.3. The second kappa shape index (κ2) is 8.87. The molecule has 2 rings (SSSR count). The highest BCUT2D eigenvalue weighted by Crippen LogP contribution is 2.17. The number of hydrogen-bond acceptors (Lipinski definition) is 5. The van der Waals surface area contributed by atoms with Crippen molar-refractivity contribution in [2.24, 2.45) is 5.73 Å². The molecule has 8 heteroatoms. The third-order valence-corrected chi connectivity index (χ3v) is 3.50. The first kappa shape index (κ1) is 19.3. The van der Waals surface area contributed by atoms with Crippen LogP contribution in [0.4, 0.5) is 5.69 Å². The maximum atomic E-state index is 12.0. The number of rotatable bonds is 7. The summed E-state index contributed by atoms with van der Waals surface area (Å²) in [5.41, 5.74) is 5.91. The van der Waals surface area contributed by atoms with Gasteiger partial charge in [0.1, 0.15) is 5.75 Å². The molecule has 26 heavy (non-hydrogen) atoms. The summed E-state index contributed by atoms with van der Waals surface area (Å²) in [5.74, 6) is -1.37. The van der Waals surface area contributed by atoms with Crippen LogP contribution in [0.2, 0.25) is 5.02 Å². The predicted molar refractivity (Wildman–Crippen MR) is 96.1 cm³/mol. The molecule has 0 aliphatic rings. The van der Waals surface area contributed by atoms with Gasteiger partial charge in [0, 0.05) is 16.3 Å². The lowest BCUT2D eigenvalue weighted by molar-refractivity contribution is -0.155. The Morgan fingerprint density at radius 3 is 2.46 bits per heavy atom. The van der Waals surface area contributed by atoms with Crippen molar-refractivity contribution in [3.63, 3.8) is 0 Å². The van der Waals surface area contributed by atoms with Gasteiger partial charge >= 0.3 is 5.97 Å². The summed E-state index contributed by atoms with van der Waals surface area (Å²) in [4.78, 5) is 34.8. The van der Waals surface area contributed by atoms with Crippen LogP contribution in [0.25, 0.3) is 0 Å². The average Bonchev–Trinajstić information content (AvgIpc) is 2.60. The molecule has 2 aromatic carbocycles. The summed E-state index contributed by atoms with van der Waals surface area (Å²) in [6.45, 7) is 1.08. The minimum Gasteiger partial charge on any atom is -0.482 e. The maximum Gasteiger partial charge on any atom is 0.344 e. The Morgan fingerprint density at radius 2 is 1.85 bits per heavy atom. The number of carbonyl (C=O) groups is 3. The Labute approximate surface area is 155 Å². The van der Waals surface area contributed by atoms with Gasteiger partial charge in [0.25, 0.3) is 5.91 Å². The van der Waals surface area contributed by atoms with E-state index in [0.29, 0.717) is 22.0 Å². The number of nitrogens with two attached hydrogens (primary N) is 1. The molecular weight excluding hydrogens is 360 g/mol. The fraction of sp³-hybridized carbons (Fsp3) is 0.167. The fourth-order valence-corrected chi connectivity index (χ4v) is 2.13. The molecule has 0 unspecified atom stereocenters. The van der Waals surface area contributed by atoms with Crippen molar-refractivity contribution >= 4 is 35.1 Å². The Kier molecular flexibility index (Phi) is 6.57.